The minimum absolute atomic E-state index is 0.104. The highest BCUT2D eigenvalue weighted by atomic mass is 19.1. The van der Waals surface area contributed by atoms with E-state index in [1.165, 1.54) is 24.1 Å². The lowest BCUT2D eigenvalue weighted by Gasteiger charge is -2.29. The van der Waals surface area contributed by atoms with Crippen molar-refractivity contribution in [2.75, 3.05) is 7.11 Å². The molecule has 0 bridgehead atoms. The van der Waals surface area contributed by atoms with Gasteiger partial charge < -0.3 is 9.64 Å². The van der Waals surface area contributed by atoms with E-state index in [1.54, 1.807) is 0 Å². The number of nitrogens with zero attached hydrogens (tertiary/aromatic N) is 1. The Hall–Kier alpha value is -2.44. The Balaban J connectivity index is 1.94. The van der Waals surface area contributed by atoms with Crippen molar-refractivity contribution in [2.24, 2.45) is 0 Å². The molecule has 1 aromatic carbocycles. The van der Waals surface area contributed by atoms with Gasteiger partial charge in [-0.25, -0.2) is 4.39 Å². The number of hydrogen-bond acceptors (Lipinski definition) is 4. The molecule has 1 aromatic rings. The van der Waals surface area contributed by atoms with Crippen molar-refractivity contribution in [3.05, 3.63) is 29.1 Å². The van der Waals surface area contributed by atoms with Gasteiger partial charge in [0.05, 0.1) is 12.7 Å². The lowest BCUT2D eigenvalue weighted by atomic mass is 10.0. The van der Waals surface area contributed by atoms with Crippen LogP contribution in [0.15, 0.2) is 12.1 Å². The zero-order chi connectivity index (χ0) is 15.1. The van der Waals surface area contributed by atoms with Crippen LogP contribution in [-0.4, -0.2) is 35.8 Å². The molecule has 2 aliphatic heterocycles. The number of ether oxygens (including phenoxy) is 1. The van der Waals surface area contributed by atoms with Crippen LogP contribution in [0.2, 0.25) is 0 Å². The summed E-state index contributed by atoms with van der Waals surface area (Å²) in [5.41, 5.74) is 0.769. The molecule has 1 unspecified atom stereocenters. The van der Waals surface area contributed by atoms with Gasteiger partial charge >= 0.3 is 0 Å². The molecule has 0 aliphatic carbocycles. The molecule has 0 saturated carbocycles. The van der Waals surface area contributed by atoms with Crippen LogP contribution in [0.25, 0.3) is 0 Å². The number of carbonyl (C=O) groups excluding carboxylic acids is 3. The second-order valence-corrected chi connectivity index (χ2v) is 5.01. The molecule has 1 atom stereocenters. The Kier molecular flexibility index (Phi) is 3.12. The first-order valence-corrected chi connectivity index (χ1v) is 6.53. The zero-order valence-corrected chi connectivity index (χ0v) is 11.3. The lowest BCUT2D eigenvalue weighted by molar-refractivity contribution is -0.136. The van der Waals surface area contributed by atoms with E-state index < -0.39 is 23.7 Å². The normalized spacial score (nSPS) is 21.3. The van der Waals surface area contributed by atoms with Gasteiger partial charge in [0.15, 0.2) is 11.6 Å². The van der Waals surface area contributed by atoms with Crippen molar-refractivity contribution in [1.29, 1.82) is 0 Å². The van der Waals surface area contributed by atoms with Gasteiger partial charge in [-0.1, -0.05) is 6.07 Å². The molecule has 1 fully saturated rings. The fourth-order valence-corrected chi connectivity index (χ4v) is 2.79. The van der Waals surface area contributed by atoms with E-state index in [4.69, 9.17) is 4.74 Å². The van der Waals surface area contributed by atoms with Gasteiger partial charge in [0.25, 0.3) is 5.91 Å². The Morgan fingerprint density at radius 1 is 1.33 bits per heavy atom. The van der Waals surface area contributed by atoms with Gasteiger partial charge in [-0.15, -0.1) is 0 Å². The van der Waals surface area contributed by atoms with E-state index in [0.29, 0.717) is 5.56 Å². The van der Waals surface area contributed by atoms with E-state index in [1.807, 2.05) is 0 Å². The van der Waals surface area contributed by atoms with E-state index in [0.717, 1.165) is 0 Å². The van der Waals surface area contributed by atoms with Gasteiger partial charge in [0, 0.05) is 13.0 Å². The highest BCUT2D eigenvalue weighted by Gasteiger charge is 2.41. The molecular weight excluding hydrogens is 279 g/mol. The summed E-state index contributed by atoms with van der Waals surface area (Å²) in [6.07, 6.45) is 0.456. The third-order valence-corrected chi connectivity index (χ3v) is 3.80. The van der Waals surface area contributed by atoms with Crippen LogP contribution < -0.4 is 10.1 Å². The summed E-state index contributed by atoms with van der Waals surface area (Å²) >= 11 is 0. The topological polar surface area (TPSA) is 75.7 Å². The van der Waals surface area contributed by atoms with Gasteiger partial charge in [0.1, 0.15) is 6.04 Å². The molecule has 0 aromatic heterocycles. The lowest BCUT2D eigenvalue weighted by Crippen LogP contribution is -2.52. The fraction of sp³-hybridized carbons (Fsp3) is 0.357. The summed E-state index contributed by atoms with van der Waals surface area (Å²) in [7, 11) is 1.29. The Morgan fingerprint density at radius 3 is 2.76 bits per heavy atom. The molecular formula is C14H13FN2O4. The molecule has 2 heterocycles. The fourth-order valence-electron chi connectivity index (χ4n) is 2.79. The van der Waals surface area contributed by atoms with E-state index in [-0.39, 0.29) is 36.6 Å². The average Bonchev–Trinajstić information content (AvgIpc) is 2.77. The third kappa shape index (κ3) is 2.05. The van der Waals surface area contributed by atoms with Gasteiger partial charge in [0.2, 0.25) is 11.8 Å². The molecule has 6 nitrogen and oxygen atoms in total. The van der Waals surface area contributed by atoms with E-state index >= 15 is 0 Å². The second-order valence-electron chi connectivity index (χ2n) is 5.01. The van der Waals surface area contributed by atoms with Crippen LogP contribution in [0, 0.1) is 5.82 Å². The van der Waals surface area contributed by atoms with Crippen molar-refractivity contribution >= 4 is 17.7 Å². The number of halogens is 1. The first-order valence-electron chi connectivity index (χ1n) is 6.53. The van der Waals surface area contributed by atoms with Crippen molar-refractivity contribution < 1.29 is 23.5 Å². The zero-order valence-electron chi connectivity index (χ0n) is 11.3. The maximum Gasteiger partial charge on any atom is 0.259 e. The number of nitrogens with one attached hydrogen (secondary N) is 1. The van der Waals surface area contributed by atoms with Gasteiger partial charge in [-0.2, -0.15) is 0 Å². The molecule has 0 radical (unpaired) electrons. The SMILES string of the molecule is COc1c(F)ccc2c1C(=O)N(C1CCC(=O)NC1=O)C2. The average molecular weight is 292 g/mol. The number of hydrogen-bond donors (Lipinski definition) is 1. The molecule has 1 N–H and O–H groups in total. The summed E-state index contributed by atoms with van der Waals surface area (Å²) in [6.45, 7) is 0.205. The molecule has 3 rings (SSSR count). The number of fused-ring (bicyclic) bond motifs is 1. The summed E-state index contributed by atoms with van der Waals surface area (Å²) in [4.78, 5) is 36.9. The Bertz CT molecular complexity index is 659. The van der Waals surface area contributed by atoms with Crippen LogP contribution >= 0.6 is 0 Å². The number of amides is 3. The van der Waals surface area contributed by atoms with E-state index in [2.05, 4.69) is 5.32 Å². The molecule has 21 heavy (non-hydrogen) atoms. The predicted octanol–water partition coefficient (Wildman–Crippen LogP) is 0.595. The van der Waals surface area contributed by atoms with Crippen LogP contribution in [0.1, 0.15) is 28.8 Å². The maximum atomic E-state index is 13.7. The van der Waals surface area contributed by atoms with Crippen LogP contribution in [0.3, 0.4) is 0 Å². The van der Waals surface area contributed by atoms with Crippen LogP contribution in [0.4, 0.5) is 4.39 Å². The molecule has 2 aliphatic rings. The highest BCUT2D eigenvalue weighted by Crippen LogP contribution is 2.35. The van der Waals surface area contributed by atoms with Crippen LogP contribution in [-0.2, 0) is 16.1 Å². The number of carbonyl (C=O) groups is 3. The molecule has 0 spiro atoms. The van der Waals surface area contributed by atoms with Crippen molar-refractivity contribution in [3.63, 3.8) is 0 Å². The smallest absolute Gasteiger partial charge is 0.259 e. The summed E-state index contributed by atoms with van der Waals surface area (Å²) in [5.74, 6) is -2.01. The standard InChI is InChI=1S/C14H13FN2O4/c1-21-12-8(15)3-2-7-6-17(14(20)11(7)12)9-4-5-10(18)16-13(9)19/h2-3,9H,4-6H2,1H3,(H,16,18,19). The van der Waals surface area contributed by atoms with Crippen LogP contribution in [0.5, 0.6) is 5.75 Å². The van der Waals surface area contributed by atoms with Crippen molar-refractivity contribution in [1.82, 2.24) is 10.2 Å². The minimum atomic E-state index is -0.713. The number of rotatable bonds is 2. The summed E-state index contributed by atoms with van der Waals surface area (Å²) in [5, 5.41) is 2.22. The largest absolute Gasteiger partial charge is 0.493 e. The van der Waals surface area contributed by atoms with Crippen molar-refractivity contribution in [3.8, 4) is 5.75 Å². The molecule has 1 saturated heterocycles. The first-order chi connectivity index (χ1) is 10.0. The van der Waals surface area contributed by atoms with Gasteiger partial charge in [-0.05, 0) is 18.1 Å². The van der Waals surface area contributed by atoms with Gasteiger partial charge in [-0.3, -0.25) is 19.7 Å². The van der Waals surface area contributed by atoms with E-state index in [9.17, 15) is 18.8 Å². The number of methoxy groups -OCH3 is 1. The second kappa shape index (κ2) is 4.83. The quantitative estimate of drug-likeness (QED) is 0.810. The number of benzene rings is 1. The monoisotopic (exact) mass is 292 g/mol. The summed E-state index contributed by atoms with van der Waals surface area (Å²) < 4.78 is 18.7. The highest BCUT2D eigenvalue weighted by molar-refractivity contribution is 6.06. The maximum absolute atomic E-state index is 13.7. The third-order valence-electron chi connectivity index (χ3n) is 3.80. The molecule has 110 valence electrons. The predicted molar refractivity (Wildman–Crippen MR) is 69.0 cm³/mol. The first kappa shape index (κ1) is 13.5. The minimum Gasteiger partial charge on any atom is -0.493 e. The molecule has 3 amide bonds. The van der Waals surface area contributed by atoms with Crippen molar-refractivity contribution in [2.45, 2.75) is 25.4 Å². The number of piperidine rings is 1. The summed E-state index contributed by atoms with van der Waals surface area (Å²) in [6, 6.07) is 2.03. The molecule has 7 heteroatoms. The Labute approximate surface area is 119 Å². The Morgan fingerprint density at radius 2 is 2.10 bits per heavy atom. The number of imide groups is 1.